The maximum atomic E-state index is 9.06. The van der Waals surface area contributed by atoms with E-state index in [4.69, 9.17) is 10.2 Å². The summed E-state index contributed by atoms with van der Waals surface area (Å²) in [7, 11) is 0. The highest BCUT2D eigenvalue weighted by atomic mass is 16.3. The monoisotopic (exact) mass is 340 g/mol. The van der Waals surface area contributed by atoms with Crippen LogP contribution in [0, 0.1) is 29.6 Å². The summed E-state index contributed by atoms with van der Waals surface area (Å²) in [6.07, 6.45) is 5.33. The first-order valence-corrected chi connectivity index (χ1v) is 9.11. The Labute approximate surface area is 147 Å². The first kappa shape index (κ1) is 16.4. The van der Waals surface area contributed by atoms with Gasteiger partial charge in [0.05, 0.1) is 24.2 Å². The molecule has 132 valence electrons. The Balaban J connectivity index is 0.000000163. The maximum absolute atomic E-state index is 9.06. The van der Waals surface area contributed by atoms with E-state index in [-0.39, 0.29) is 6.10 Å². The number of aliphatic hydroxyl groups is 2. The molecule has 3 aliphatic carbocycles. The lowest BCUT2D eigenvalue weighted by molar-refractivity contribution is 0.0252. The summed E-state index contributed by atoms with van der Waals surface area (Å²) in [5, 5.41) is 21.3. The molecule has 3 aliphatic rings. The lowest BCUT2D eigenvalue weighted by Crippen LogP contribution is -2.22. The largest absolute Gasteiger partial charge is 0.390 e. The van der Waals surface area contributed by atoms with Gasteiger partial charge in [0.1, 0.15) is 11.2 Å². The Morgan fingerprint density at radius 1 is 1.32 bits per heavy atom. The topological polar surface area (TPSA) is 94.1 Å². The van der Waals surface area contributed by atoms with Crippen LogP contribution in [-0.2, 0) is 0 Å². The average molecular weight is 340 g/mol. The molecule has 0 saturated heterocycles. The molecule has 0 aromatic carbocycles. The second-order valence-corrected chi connectivity index (χ2v) is 7.18. The van der Waals surface area contributed by atoms with E-state index in [1.807, 2.05) is 6.07 Å². The predicted octanol–water partition coefficient (Wildman–Crippen LogP) is 1.90. The number of hydrogen-bond donors (Lipinski definition) is 4. The average Bonchev–Trinajstić information content (AvgIpc) is 3.50. The summed E-state index contributed by atoms with van der Waals surface area (Å²) in [6.45, 7) is 2.94. The van der Waals surface area contributed by atoms with Crippen LogP contribution in [0.25, 0.3) is 11.2 Å². The lowest BCUT2D eigenvalue weighted by atomic mass is 10.2. The molecular weight excluding hydrogens is 316 g/mol. The summed E-state index contributed by atoms with van der Waals surface area (Å²) in [4.78, 5) is 11.7. The van der Waals surface area contributed by atoms with Crippen molar-refractivity contribution in [1.29, 1.82) is 0 Å². The molecule has 2 aromatic heterocycles. The zero-order chi connectivity index (χ0) is 17.4. The SMILES string of the molecule is CCNc1cc(C#CC2CC2)nc2nc[nH]c12.OC1CC2CC2C1O. The molecule has 6 nitrogen and oxygen atoms in total. The Morgan fingerprint density at radius 3 is 2.76 bits per heavy atom. The fourth-order valence-electron chi connectivity index (χ4n) is 3.42. The van der Waals surface area contributed by atoms with E-state index >= 15 is 0 Å². The molecule has 25 heavy (non-hydrogen) atoms. The number of H-pyrrole nitrogens is 1. The minimum Gasteiger partial charge on any atom is -0.390 e. The summed E-state index contributed by atoms with van der Waals surface area (Å²) < 4.78 is 0. The number of pyridine rings is 1. The van der Waals surface area contributed by atoms with Crippen molar-refractivity contribution in [3.05, 3.63) is 18.1 Å². The predicted molar refractivity (Wildman–Crippen MR) is 95.9 cm³/mol. The van der Waals surface area contributed by atoms with Crippen molar-refractivity contribution in [2.24, 2.45) is 17.8 Å². The van der Waals surface area contributed by atoms with Crippen molar-refractivity contribution < 1.29 is 10.2 Å². The fraction of sp³-hybridized carbons (Fsp3) is 0.579. The van der Waals surface area contributed by atoms with Crippen LogP contribution in [0.5, 0.6) is 0 Å². The van der Waals surface area contributed by atoms with Crippen molar-refractivity contribution in [2.45, 2.75) is 44.8 Å². The van der Waals surface area contributed by atoms with E-state index in [1.54, 1.807) is 6.33 Å². The molecule has 4 unspecified atom stereocenters. The van der Waals surface area contributed by atoms with Gasteiger partial charge in [-0.1, -0.05) is 5.92 Å². The number of rotatable bonds is 2. The quantitative estimate of drug-likeness (QED) is 0.627. The molecule has 0 radical (unpaired) electrons. The third-order valence-electron chi connectivity index (χ3n) is 5.10. The van der Waals surface area contributed by atoms with Gasteiger partial charge >= 0.3 is 0 Å². The highest BCUT2D eigenvalue weighted by Crippen LogP contribution is 2.51. The maximum Gasteiger partial charge on any atom is 0.180 e. The Kier molecular flexibility index (Phi) is 4.36. The van der Waals surface area contributed by atoms with Crippen molar-refractivity contribution >= 4 is 16.9 Å². The number of nitrogens with zero attached hydrogens (tertiary/aromatic N) is 2. The van der Waals surface area contributed by atoms with E-state index < -0.39 is 6.10 Å². The molecule has 3 fully saturated rings. The molecule has 2 heterocycles. The zero-order valence-electron chi connectivity index (χ0n) is 14.4. The van der Waals surface area contributed by atoms with Gasteiger partial charge in [-0.05, 0) is 56.4 Å². The van der Waals surface area contributed by atoms with Crippen molar-refractivity contribution in [1.82, 2.24) is 15.0 Å². The van der Waals surface area contributed by atoms with Crippen LogP contribution < -0.4 is 5.32 Å². The summed E-state index contributed by atoms with van der Waals surface area (Å²) in [5.74, 6) is 8.07. The molecule has 0 aliphatic heterocycles. The third kappa shape index (κ3) is 3.63. The van der Waals surface area contributed by atoms with Gasteiger partial charge in [0.15, 0.2) is 5.65 Å². The molecule has 3 saturated carbocycles. The minimum atomic E-state index is -0.404. The molecular formula is C19H24N4O2. The van der Waals surface area contributed by atoms with E-state index in [0.717, 1.165) is 41.9 Å². The second-order valence-electron chi connectivity index (χ2n) is 7.18. The number of fused-ring (bicyclic) bond motifs is 2. The molecule has 2 aromatic rings. The van der Waals surface area contributed by atoms with Crippen molar-refractivity contribution in [2.75, 3.05) is 11.9 Å². The van der Waals surface area contributed by atoms with Crippen LogP contribution in [-0.4, -0.2) is 43.9 Å². The molecule has 5 rings (SSSR count). The van der Waals surface area contributed by atoms with Gasteiger partial charge in [-0.25, -0.2) is 9.97 Å². The van der Waals surface area contributed by atoms with Gasteiger partial charge in [0, 0.05) is 12.5 Å². The number of aromatic amines is 1. The summed E-state index contributed by atoms with van der Waals surface area (Å²) in [5.41, 5.74) is 3.50. The fourth-order valence-corrected chi connectivity index (χ4v) is 3.42. The van der Waals surface area contributed by atoms with Crippen LogP contribution in [0.2, 0.25) is 0 Å². The van der Waals surface area contributed by atoms with Crippen molar-refractivity contribution in [3.63, 3.8) is 0 Å². The number of anilines is 1. The van der Waals surface area contributed by atoms with Crippen LogP contribution in [0.4, 0.5) is 5.69 Å². The number of nitrogens with one attached hydrogen (secondary N) is 2. The Morgan fingerprint density at radius 2 is 2.16 bits per heavy atom. The molecule has 6 heteroatoms. The van der Waals surface area contributed by atoms with E-state index in [0.29, 0.717) is 17.8 Å². The highest BCUT2D eigenvalue weighted by Gasteiger charge is 2.52. The van der Waals surface area contributed by atoms with Gasteiger partial charge in [-0.2, -0.15) is 0 Å². The van der Waals surface area contributed by atoms with Crippen LogP contribution >= 0.6 is 0 Å². The lowest BCUT2D eigenvalue weighted by Gasteiger charge is -2.08. The van der Waals surface area contributed by atoms with Crippen LogP contribution in [0.15, 0.2) is 12.4 Å². The van der Waals surface area contributed by atoms with Crippen LogP contribution in [0.3, 0.4) is 0 Å². The molecule has 0 spiro atoms. The zero-order valence-corrected chi connectivity index (χ0v) is 14.4. The van der Waals surface area contributed by atoms with Crippen molar-refractivity contribution in [3.8, 4) is 11.8 Å². The van der Waals surface area contributed by atoms with E-state index in [9.17, 15) is 0 Å². The first-order chi connectivity index (χ1) is 12.2. The first-order valence-electron chi connectivity index (χ1n) is 9.11. The summed E-state index contributed by atoms with van der Waals surface area (Å²) in [6, 6.07) is 1.99. The standard InChI is InChI=1S/C13H14N4.C6H10O2/c1-2-14-11-7-10(6-5-9-3-4-9)17-13-12(11)15-8-16-13;7-5-2-3-1-4(3)6(5)8/h7-9H,2-4H2,1H3,(H2,14,15,16,17);3-8H,1-2H2. The summed E-state index contributed by atoms with van der Waals surface area (Å²) >= 11 is 0. The molecule has 4 atom stereocenters. The highest BCUT2D eigenvalue weighted by molar-refractivity contribution is 5.85. The Bertz CT molecular complexity index is 816. The second kappa shape index (κ2) is 6.66. The van der Waals surface area contributed by atoms with E-state index in [1.165, 1.54) is 12.8 Å². The van der Waals surface area contributed by atoms with Gasteiger partial charge < -0.3 is 20.5 Å². The van der Waals surface area contributed by atoms with E-state index in [2.05, 4.69) is 39.0 Å². The molecule has 4 N–H and O–H groups in total. The minimum absolute atomic E-state index is 0.389. The van der Waals surface area contributed by atoms with Crippen LogP contribution in [0.1, 0.15) is 38.3 Å². The normalized spacial score (nSPS) is 29.2. The number of hydrogen-bond acceptors (Lipinski definition) is 5. The molecule has 0 bridgehead atoms. The number of aromatic nitrogens is 3. The van der Waals surface area contributed by atoms with Gasteiger partial charge in [-0.3, -0.25) is 0 Å². The van der Waals surface area contributed by atoms with Gasteiger partial charge in [0.25, 0.3) is 0 Å². The molecule has 0 amide bonds. The number of aliphatic hydroxyl groups excluding tert-OH is 2. The third-order valence-corrected chi connectivity index (χ3v) is 5.10. The van der Waals surface area contributed by atoms with Gasteiger partial charge in [0.2, 0.25) is 0 Å². The smallest absolute Gasteiger partial charge is 0.180 e. The number of imidazole rings is 1. The van der Waals surface area contributed by atoms with Gasteiger partial charge in [-0.15, -0.1) is 0 Å². The Hall–Kier alpha value is -2.10.